The van der Waals surface area contributed by atoms with E-state index >= 15 is 0 Å². The molecular weight excluding hydrogens is 348 g/mol. The highest BCUT2D eigenvalue weighted by Gasteiger charge is 2.22. The summed E-state index contributed by atoms with van der Waals surface area (Å²) in [5.41, 5.74) is 2.13. The first kappa shape index (κ1) is 21.8. The summed E-state index contributed by atoms with van der Waals surface area (Å²) in [5.74, 6) is -2.91. The van der Waals surface area contributed by atoms with E-state index in [0.29, 0.717) is 18.7 Å². The van der Waals surface area contributed by atoms with E-state index in [1.165, 1.54) is 13.0 Å². The molecule has 1 aromatic heterocycles. The number of hydrogen-bond acceptors (Lipinski definition) is 7. The summed E-state index contributed by atoms with van der Waals surface area (Å²) in [5, 5.41) is 25.5. The van der Waals surface area contributed by atoms with Crippen molar-refractivity contribution < 1.29 is 19.1 Å². The van der Waals surface area contributed by atoms with Crippen LogP contribution >= 0.6 is 0 Å². The van der Waals surface area contributed by atoms with Gasteiger partial charge in [0.15, 0.2) is 12.4 Å². The van der Waals surface area contributed by atoms with Crippen molar-refractivity contribution in [3.8, 4) is 12.1 Å². The van der Waals surface area contributed by atoms with Gasteiger partial charge in [0, 0.05) is 30.8 Å². The van der Waals surface area contributed by atoms with E-state index in [9.17, 15) is 14.9 Å². The van der Waals surface area contributed by atoms with Crippen molar-refractivity contribution in [2.45, 2.75) is 27.3 Å². The van der Waals surface area contributed by atoms with E-state index in [2.05, 4.69) is 0 Å². The van der Waals surface area contributed by atoms with Crippen LogP contribution in [0.1, 0.15) is 23.9 Å². The second-order valence-electron chi connectivity index (χ2n) is 5.93. The summed E-state index contributed by atoms with van der Waals surface area (Å²) >= 11 is 0. The van der Waals surface area contributed by atoms with Crippen LogP contribution in [0, 0.1) is 47.8 Å². The molecule has 0 aliphatic rings. The van der Waals surface area contributed by atoms with Crippen molar-refractivity contribution >= 4 is 23.5 Å². The number of Topliss-reactive ketones (excluding diaryl/α,β-unsaturated/α-hetero) is 1. The van der Waals surface area contributed by atoms with Crippen LogP contribution in [0.3, 0.4) is 0 Å². The lowest BCUT2D eigenvalue weighted by atomic mass is 10.0. The number of nitrogens with zero attached hydrogens (tertiary/aromatic N) is 3. The van der Waals surface area contributed by atoms with Gasteiger partial charge in [-0.2, -0.15) is 10.5 Å². The molecule has 1 atom stereocenters. The number of carbonyl (C=O) groups is 2. The van der Waals surface area contributed by atoms with Gasteiger partial charge in [0.1, 0.15) is 17.6 Å². The molecule has 0 saturated carbocycles. The highest BCUT2D eigenvalue weighted by molar-refractivity contribution is 6.06. The Morgan fingerprint density at radius 3 is 2.56 bits per heavy atom. The number of hydrogen-bond donors (Lipinski definition) is 1. The summed E-state index contributed by atoms with van der Waals surface area (Å²) in [6.07, 6.45) is 1.40. The number of nitriles is 2. The maximum Gasteiger partial charge on any atom is 0.349 e. The highest BCUT2D eigenvalue weighted by atomic mass is 16.5. The third kappa shape index (κ3) is 5.63. The van der Waals surface area contributed by atoms with Crippen LogP contribution in [-0.2, 0) is 25.6 Å². The quantitative estimate of drug-likeness (QED) is 0.306. The molecule has 1 rings (SSSR count). The largest absolute Gasteiger partial charge is 0.453 e. The number of methoxy groups -OCH3 is 1. The Kier molecular flexibility index (Phi) is 8.12. The fraction of sp³-hybridized carbons (Fsp3) is 0.421. The molecule has 0 aliphatic heterocycles. The molecule has 142 valence electrons. The molecule has 1 N–H and O–H groups in total. The maximum atomic E-state index is 12.1. The predicted molar refractivity (Wildman–Crippen MR) is 97.8 cm³/mol. The van der Waals surface area contributed by atoms with Crippen molar-refractivity contribution in [1.29, 1.82) is 15.9 Å². The number of ketones is 1. The van der Waals surface area contributed by atoms with Crippen LogP contribution in [0.2, 0.25) is 0 Å². The number of ether oxygens (including phenoxy) is 2. The first-order chi connectivity index (χ1) is 12.8. The second-order valence-corrected chi connectivity index (χ2v) is 5.93. The Bertz CT molecular complexity index is 852. The van der Waals surface area contributed by atoms with Gasteiger partial charge in [-0.1, -0.05) is 0 Å². The van der Waals surface area contributed by atoms with Crippen LogP contribution in [0.5, 0.6) is 0 Å². The van der Waals surface area contributed by atoms with Crippen molar-refractivity contribution in [3.05, 3.63) is 28.6 Å². The third-order valence-electron chi connectivity index (χ3n) is 4.00. The summed E-state index contributed by atoms with van der Waals surface area (Å²) < 4.78 is 11.9. The number of aryl methyl sites for hydroxylation is 1. The number of carbonyl (C=O) groups excluding carboxylic acids is 2. The Morgan fingerprint density at radius 2 is 2.04 bits per heavy atom. The molecular formula is C19H22N4O4. The van der Waals surface area contributed by atoms with Crippen molar-refractivity contribution in [2.75, 3.05) is 20.3 Å². The summed E-state index contributed by atoms with van der Waals surface area (Å²) in [6, 6.07) is 5.29. The van der Waals surface area contributed by atoms with Crippen molar-refractivity contribution in [3.63, 3.8) is 0 Å². The minimum Gasteiger partial charge on any atom is -0.453 e. The Hall–Kier alpha value is -3.23. The maximum absolute atomic E-state index is 12.1. The van der Waals surface area contributed by atoms with Gasteiger partial charge in [-0.05, 0) is 38.5 Å². The molecule has 0 unspecified atom stereocenters. The van der Waals surface area contributed by atoms with Crippen LogP contribution in [0.15, 0.2) is 11.6 Å². The van der Waals surface area contributed by atoms with E-state index in [0.717, 1.165) is 11.4 Å². The molecule has 0 bridgehead atoms. The minimum absolute atomic E-state index is 0.127. The van der Waals surface area contributed by atoms with Gasteiger partial charge in [0.25, 0.3) is 0 Å². The van der Waals surface area contributed by atoms with Crippen LogP contribution < -0.4 is 0 Å². The van der Waals surface area contributed by atoms with Gasteiger partial charge in [-0.15, -0.1) is 0 Å². The molecule has 0 fully saturated rings. The lowest BCUT2D eigenvalue weighted by molar-refractivity contribution is -0.143. The average Bonchev–Trinajstić information content (AvgIpc) is 2.89. The topological polar surface area (TPSA) is 129 Å². The SMILES string of the molecule is COCCn1c(C)cc(/C=C(\C#N)C(=O)OCC(=O)[C@@H](C#N)C(C)=N)c1C. The zero-order valence-corrected chi connectivity index (χ0v) is 15.8. The predicted octanol–water partition coefficient (Wildman–Crippen LogP) is 1.95. The second kappa shape index (κ2) is 10.0. The molecule has 0 spiro atoms. The molecule has 0 radical (unpaired) electrons. The molecule has 8 heteroatoms. The molecule has 27 heavy (non-hydrogen) atoms. The van der Waals surface area contributed by atoms with Gasteiger partial charge in [-0.25, -0.2) is 4.79 Å². The molecule has 0 amide bonds. The summed E-state index contributed by atoms with van der Waals surface area (Å²) in [7, 11) is 1.61. The smallest absolute Gasteiger partial charge is 0.349 e. The van der Waals surface area contributed by atoms with Crippen molar-refractivity contribution in [2.24, 2.45) is 5.92 Å². The minimum atomic E-state index is -1.26. The lowest BCUT2D eigenvalue weighted by Crippen LogP contribution is -2.25. The zero-order chi connectivity index (χ0) is 20.6. The number of nitrogens with one attached hydrogen (secondary N) is 1. The Morgan fingerprint density at radius 1 is 1.37 bits per heavy atom. The Balaban J connectivity index is 2.94. The molecule has 8 nitrogen and oxygen atoms in total. The number of rotatable bonds is 9. The molecule has 0 aromatic carbocycles. The van der Waals surface area contributed by atoms with Gasteiger partial charge in [-0.3, -0.25) is 4.79 Å². The number of aromatic nitrogens is 1. The summed E-state index contributed by atoms with van der Waals surface area (Å²) in [6.45, 7) is 5.60. The van der Waals surface area contributed by atoms with Gasteiger partial charge >= 0.3 is 5.97 Å². The van der Waals surface area contributed by atoms with Gasteiger partial charge in [0.2, 0.25) is 0 Å². The van der Waals surface area contributed by atoms with Crippen LogP contribution in [-0.4, -0.2) is 42.4 Å². The van der Waals surface area contributed by atoms with Crippen LogP contribution in [0.25, 0.3) is 6.08 Å². The molecule has 1 aromatic rings. The highest BCUT2D eigenvalue weighted by Crippen LogP contribution is 2.18. The normalized spacial score (nSPS) is 12.0. The Labute approximate surface area is 158 Å². The first-order valence-electron chi connectivity index (χ1n) is 8.18. The molecule has 1 heterocycles. The van der Waals surface area contributed by atoms with E-state index in [1.807, 2.05) is 24.5 Å². The third-order valence-corrected chi connectivity index (χ3v) is 4.00. The molecule has 0 saturated heterocycles. The first-order valence-corrected chi connectivity index (χ1v) is 8.18. The zero-order valence-electron chi connectivity index (χ0n) is 15.8. The average molecular weight is 370 g/mol. The lowest BCUT2D eigenvalue weighted by Gasteiger charge is -2.08. The standard InChI is InChI=1S/C19H22N4O4/c1-12-7-15(14(3)23(12)5-6-26-4)8-16(9-20)19(25)27-11-18(24)17(10-21)13(2)22/h7-8,17,22H,5-6,11H2,1-4H3/b16-8+,22-13?/t17-/m0/s1. The van der Waals surface area contributed by atoms with Gasteiger partial charge in [0.05, 0.1) is 12.7 Å². The van der Waals surface area contributed by atoms with E-state index in [1.54, 1.807) is 19.2 Å². The van der Waals surface area contributed by atoms with E-state index in [-0.39, 0.29) is 11.3 Å². The monoisotopic (exact) mass is 370 g/mol. The molecule has 0 aliphatic carbocycles. The van der Waals surface area contributed by atoms with Gasteiger partial charge < -0.3 is 19.5 Å². The van der Waals surface area contributed by atoms with Crippen LogP contribution in [0.4, 0.5) is 0 Å². The fourth-order valence-corrected chi connectivity index (χ4v) is 2.50. The summed E-state index contributed by atoms with van der Waals surface area (Å²) in [4.78, 5) is 23.9. The van der Waals surface area contributed by atoms with E-state index < -0.39 is 24.3 Å². The van der Waals surface area contributed by atoms with E-state index in [4.69, 9.17) is 20.1 Å². The van der Waals surface area contributed by atoms with Crippen molar-refractivity contribution in [1.82, 2.24) is 4.57 Å². The fourth-order valence-electron chi connectivity index (χ4n) is 2.50. The number of esters is 1.